The summed E-state index contributed by atoms with van der Waals surface area (Å²) in [6.07, 6.45) is 2.07. The van der Waals surface area contributed by atoms with E-state index in [1.807, 2.05) is 13.8 Å². The smallest absolute Gasteiger partial charge is 0.490 e. The van der Waals surface area contributed by atoms with E-state index in [0.717, 1.165) is 23.7 Å². The molecule has 0 aliphatic rings. The Morgan fingerprint density at radius 1 is 0.733 bits per heavy atom. The number of hydrogen-bond donors (Lipinski definition) is 0. The van der Waals surface area contributed by atoms with Crippen molar-refractivity contribution >= 4 is 18.7 Å². The molecule has 0 saturated carbocycles. The molecule has 0 saturated heterocycles. The Hall–Kier alpha value is -3.35. The fraction of sp³-hybridized carbons (Fsp3) is 0.348. The molecule has 0 bridgehead atoms. The standard InChI is InChI=1S/C23H26O7/c1-3-19-17(15-24)7-5-9-21(19)27-11-13-29-23(26)30-14-12-28-22-10-6-8-18(16-25)20(22)4-2/h5-10,15-16H,3-4,11-14H2,1-2H3. The maximum absolute atomic E-state index is 11.7. The number of carbonyl (C=O) groups is 3. The average Bonchev–Trinajstić information content (AvgIpc) is 2.78. The van der Waals surface area contributed by atoms with Crippen LogP contribution >= 0.6 is 0 Å². The van der Waals surface area contributed by atoms with Crippen LogP contribution in [0, 0.1) is 0 Å². The molecule has 2 rings (SSSR count). The lowest BCUT2D eigenvalue weighted by atomic mass is 10.1. The van der Waals surface area contributed by atoms with Crippen molar-refractivity contribution in [3.63, 3.8) is 0 Å². The lowest BCUT2D eigenvalue weighted by Gasteiger charge is -2.13. The molecular weight excluding hydrogens is 388 g/mol. The SMILES string of the molecule is CCc1c(C=O)cccc1OCCOC(=O)OCCOc1cccc(C=O)c1CC. The van der Waals surface area contributed by atoms with Crippen LogP contribution in [0.1, 0.15) is 45.7 Å². The topological polar surface area (TPSA) is 88.1 Å². The third-order valence-electron chi connectivity index (χ3n) is 4.42. The first-order valence-corrected chi connectivity index (χ1v) is 9.83. The van der Waals surface area contributed by atoms with Gasteiger partial charge in [-0.2, -0.15) is 0 Å². The van der Waals surface area contributed by atoms with Crippen molar-refractivity contribution < 1.29 is 33.3 Å². The molecule has 0 radical (unpaired) electrons. The molecule has 7 nitrogen and oxygen atoms in total. The van der Waals surface area contributed by atoms with E-state index < -0.39 is 6.16 Å². The van der Waals surface area contributed by atoms with Crippen molar-refractivity contribution in [3.05, 3.63) is 58.7 Å². The summed E-state index contributed by atoms with van der Waals surface area (Å²) in [5, 5.41) is 0. The second-order valence-corrected chi connectivity index (χ2v) is 6.23. The first kappa shape index (κ1) is 22.9. The number of rotatable bonds is 12. The van der Waals surface area contributed by atoms with Crippen LogP contribution in [-0.4, -0.2) is 45.2 Å². The zero-order valence-electron chi connectivity index (χ0n) is 17.2. The first-order chi connectivity index (χ1) is 14.6. The second-order valence-electron chi connectivity index (χ2n) is 6.23. The average molecular weight is 414 g/mol. The minimum atomic E-state index is -0.822. The van der Waals surface area contributed by atoms with Crippen molar-refractivity contribution in [2.45, 2.75) is 26.7 Å². The largest absolute Gasteiger partial charge is 0.508 e. The van der Waals surface area contributed by atoms with Crippen LogP contribution in [0.15, 0.2) is 36.4 Å². The minimum absolute atomic E-state index is 0.00945. The molecule has 0 aromatic heterocycles. The molecule has 30 heavy (non-hydrogen) atoms. The Morgan fingerprint density at radius 3 is 1.53 bits per heavy atom. The van der Waals surface area contributed by atoms with Crippen molar-refractivity contribution in [1.82, 2.24) is 0 Å². The molecule has 2 aromatic carbocycles. The molecule has 0 N–H and O–H groups in total. The quantitative estimate of drug-likeness (QED) is 0.294. The molecule has 160 valence electrons. The van der Waals surface area contributed by atoms with E-state index in [4.69, 9.17) is 18.9 Å². The molecule has 0 heterocycles. The fourth-order valence-electron chi connectivity index (χ4n) is 3.01. The first-order valence-electron chi connectivity index (χ1n) is 9.83. The summed E-state index contributed by atoms with van der Waals surface area (Å²) in [4.78, 5) is 33.8. The van der Waals surface area contributed by atoms with Crippen molar-refractivity contribution in [3.8, 4) is 11.5 Å². The number of carbonyl (C=O) groups excluding carboxylic acids is 3. The predicted molar refractivity (Wildman–Crippen MR) is 111 cm³/mol. The van der Waals surface area contributed by atoms with Gasteiger partial charge in [0.1, 0.15) is 50.5 Å². The Bertz CT molecular complexity index is 791. The van der Waals surface area contributed by atoms with E-state index >= 15 is 0 Å². The summed E-state index contributed by atoms with van der Waals surface area (Å²) in [5.74, 6) is 1.19. The van der Waals surface area contributed by atoms with Crippen molar-refractivity contribution in [2.75, 3.05) is 26.4 Å². The lowest BCUT2D eigenvalue weighted by Crippen LogP contribution is -2.17. The van der Waals surface area contributed by atoms with Gasteiger partial charge in [-0.1, -0.05) is 38.1 Å². The van der Waals surface area contributed by atoms with E-state index in [2.05, 4.69) is 0 Å². The molecule has 7 heteroatoms. The molecule has 2 aromatic rings. The number of benzene rings is 2. The van der Waals surface area contributed by atoms with Crippen molar-refractivity contribution in [2.24, 2.45) is 0 Å². The number of hydrogen-bond acceptors (Lipinski definition) is 7. The van der Waals surface area contributed by atoms with Gasteiger partial charge in [-0.15, -0.1) is 0 Å². The fourth-order valence-corrected chi connectivity index (χ4v) is 3.01. The molecule has 0 aliphatic carbocycles. The number of ether oxygens (including phenoxy) is 4. The summed E-state index contributed by atoms with van der Waals surface area (Å²) < 4.78 is 21.2. The van der Waals surface area contributed by atoms with Crippen molar-refractivity contribution in [1.29, 1.82) is 0 Å². The van der Waals surface area contributed by atoms with Crippen LogP contribution in [0.25, 0.3) is 0 Å². The van der Waals surface area contributed by atoms with Gasteiger partial charge in [-0.3, -0.25) is 9.59 Å². The maximum Gasteiger partial charge on any atom is 0.508 e. The van der Waals surface area contributed by atoms with Gasteiger partial charge in [-0.25, -0.2) is 4.79 Å². The van der Waals surface area contributed by atoms with Crippen LogP contribution in [0.2, 0.25) is 0 Å². The molecule has 0 aliphatic heterocycles. The highest BCUT2D eigenvalue weighted by Crippen LogP contribution is 2.23. The van der Waals surface area contributed by atoms with Gasteiger partial charge in [-0.05, 0) is 25.0 Å². The molecule has 0 fully saturated rings. The van der Waals surface area contributed by atoms with Gasteiger partial charge < -0.3 is 18.9 Å². The van der Waals surface area contributed by atoms with Gasteiger partial charge in [0.2, 0.25) is 0 Å². The summed E-state index contributed by atoms with van der Waals surface area (Å²) in [5.41, 5.74) is 2.80. The Morgan fingerprint density at radius 2 is 1.17 bits per heavy atom. The zero-order chi connectivity index (χ0) is 21.8. The normalized spacial score (nSPS) is 10.2. The van der Waals surface area contributed by atoms with E-state index in [0.29, 0.717) is 35.5 Å². The second kappa shape index (κ2) is 12.3. The van der Waals surface area contributed by atoms with Gasteiger partial charge in [0.25, 0.3) is 0 Å². The molecular formula is C23H26O7. The summed E-state index contributed by atoms with van der Waals surface area (Å²) >= 11 is 0. The third kappa shape index (κ3) is 6.34. The summed E-state index contributed by atoms with van der Waals surface area (Å²) in [7, 11) is 0. The van der Waals surface area contributed by atoms with E-state index in [1.54, 1.807) is 36.4 Å². The maximum atomic E-state index is 11.7. The van der Waals surface area contributed by atoms with E-state index in [-0.39, 0.29) is 26.4 Å². The van der Waals surface area contributed by atoms with Gasteiger partial charge >= 0.3 is 6.16 Å². The summed E-state index contributed by atoms with van der Waals surface area (Å²) in [6.45, 7) is 4.16. The van der Waals surface area contributed by atoms with Crippen LogP contribution in [0.3, 0.4) is 0 Å². The molecule has 0 unspecified atom stereocenters. The van der Waals surface area contributed by atoms with E-state index in [9.17, 15) is 14.4 Å². The Balaban J connectivity index is 1.69. The van der Waals surface area contributed by atoms with Crippen LogP contribution in [0.5, 0.6) is 11.5 Å². The highest BCUT2D eigenvalue weighted by atomic mass is 16.7. The van der Waals surface area contributed by atoms with Crippen LogP contribution in [-0.2, 0) is 22.3 Å². The highest BCUT2D eigenvalue weighted by molar-refractivity contribution is 5.79. The van der Waals surface area contributed by atoms with Gasteiger partial charge in [0.05, 0.1) is 0 Å². The summed E-state index contributed by atoms with van der Waals surface area (Å²) in [6, 6.07) is 10.5. The minimum Gasteiger partial charge on any atom is -0.490 e. The Kier molecular flexibility index (Phi) is 9.37. The zero-order valence-corrected chi connectivity index (χ0v) is 17.2. The van der Waals surface area contributed by atoms with E-state index in [1.165, 1.54) is 0 Å². The predicted octanol–water partition coefficient (Wildman–Crippen LogP) is 4.05. The number of aldehydes is 2. The van der Waals surface area contributed by atoms with Crippen LogP contribution in [0.4, 0.5) is 4.79 Å². The molecule has 0 spiro atoms. The third-order valence-corrected chi connectivity index (χ3v) is 4.42. The molecule has 0 amide bonds. The lowest BCUT2D eigenvalue weighted by molar-refractivity contribution is 0.0382. The molecule has 0 atom stereocenters. The van der Waals surface area contributed by atoms with Gasteiger partial charge in [0.15, 0.2) is 0 Å². The monoisotopic (exact) mass is 414 g/mol. The highest BCUT2D eigenvalue weighted by Gasteiger charge is 2.10. The van der Waals surface area contributed by atoms with Gasteiger partial charge in [0, 0.05) is 22.3 Å². The van der Waals surface area contributed by atoms with Crippen LogP contribution < -0.4 is 9.47 Å². The Labute approximate surface area is 175 Å².